The summed E-state index contributed by atoms with van der Waals surface area (Å²) < 4.78 is 5.30. The first-order chi connectivity index (χ1) is 6.61. The topological polar surface area (TPSA) is 83.8 Å². The number of aliphatic carboxylic acids is 2. The van der Waals surface area contributed by atoms with E-state index in [2.05, 4.69) is 0 Å². The van der Waals surface area contributed by atoms with E-state index in [-0.39, 0.29) is 0 Å². The van der Waals surface area contributed by atoms with Crippen LogP contribution in [0.15, 0.2) is 12.2 Å². The van der Waals surface area contributed by atoms with Crippen molar-refractivity contribution in [1.29, 1.82) is 0 Å². The summed E-state index contributed by atoms with van der Waals surface area (Å²) >= 11 is 0. The second-order valence-corrected chi connectivity index (χ2v) is 3.53. The molecule has 14 heavy (non-hydrogen) atoms. The van der Waals surface area contributed by atoms with Crippen LogP contribution in [0.4, 0.5) is 0 Å². The lowest BCUT2D eigenvalue weighted by atomic mass is 9.88. The van der Waals surface area contributed by atoms with Gasteiger partial charge in [-0.25, -0.2) is 0 Å². The summed E-state index contributed by atoms with van der Waals surface area (Å²) in [6.45, 7) is 0. The Kier molecular flexibility index (Phi) is 2.03. The summed E-state index contributed by atoms with van der Waals surface area (Å²) in [6, 6.07) is 0. The minimum Gasteiger partial charge on any atom is -0.481 e. The van der Waals surface area contributed by atoms with E-state index in [1.807, 2.05) is 0 Å². The SMILES string of the molecule is O=C(O)C1C2C=CCC(O2)C1C(=O)O. The van der Waals surface area contributed by atoms with Gasteiger partial charge in [-0.05, 0) is 6.42 Å². The number of fused-ring (bicyclic) bond motifs is 2. The quantitative estimate of drug-likeness (QED) is 0.615. The lowest BCUT2D eigenvalue weighted by Crippen LogP contribution is -2.33. The molecule has 0 aromatic heterocycles. The molecular weight excluding hydrogens is 188 g/mol. The Hall–Kier alpha value is -1.36. The number of hydrogen-bond acceptors (Lipinski definition) is 3. The molecule has 1 fully saturated rings. The molecule has 1 saturated heterocycles. The van der Waals surface area contributed by atoms with E-state index in [0.717, 1.165) is 0 Å². The first-order valence-electron chi connectivity index (χ1n) is 4.39. The van der Waals surface area contributed by atoms with Crippen LogP contribution in [0.5, 0.6) is 0 Å². The summed E-state index contributed by atoms with van der Waals surface area (Å²) in [7, 11) is 0. The van der Waals surface area contributed by atoms with Crippen LogP contribution in [-0.4, -0.2) is 34.4 Å². The molecular formula is C9H10O5. The van der Waals surface area contributed by atoms with Gasteiger partial charge in [-0.2, -0.15) is 0 Å². The number of ether oxygens (including phenoxy) is 1. The minimum absolute atomic E-state index is 0.483. The lowest BCUT2D eigenvalue weighted by Gasteiger charge is -2.15. The Morgan fingerprint density at radius 2 is 1.86 bits per heavy atom. The van der Waals surface area contributed by atoms with Crippen molar-refractivity contribution in [3.8, 4) is 0 Å². The van der Waals surface area contributed by atoms with Gasteiger partial charge in [0, 0.05) is 0 Å². The van der Waals surface area contributed by atoms with Crippen molar-refractivity contribution in [1.82, 2.24) is 0 Å². The van der Waals surface area contributed by atoms with Crippen LogP contribution >= 0.6 is 0 Å². The molecule has 2 bridgehead atoms. The zero-order chi connectivity index (χ0) is 10.3. The first-order valence-corrected chi connectivity index (χ1v) is 4.39. The highest BCUT2D eigenvalue weighted by molar-refractivity contribution is 5.82. The van der Waals surface area contributed by atoms with E-state index in [1.165, 1.54) is 0 Å². The lowest BCUT2D eigenvalue weighted by molar-refractivity contribution is -0.152. The highest BCUT2D eigenvalue weighted by Crippen LogP contribution is 2.38. The van der Waals surface area contributed by atoms with E-state index in [0.29, 0.717) is 6.42 Å². The van der Waals surface area contributed by atoms with Crippen LogP contribution in [0, 0.1) is 11.8 Å². The molecule has 0 aliphatic carbocycles. The minimum atomic E-state index is -1.10. The van der Waals surface area contributed by atoms with Crippen molar-refractivity contribution in [2.24, 2.45) is 11.8 Å². The molecule has 0 amide bonds. The van der Waals surface area contributed by atoms with Gasteiger partial charge in [-0.3, -0.25) is 9.59 Å². The zero-order valence-electron chi connectivity index (χ0n) is 7.29. The highest BCUT2D eigenvalue weighted by Gasteiger charge is 2.52. The maximum Gasteiger partial charge on any atom is 0.310 e. The molecule has 76 valence electrons. The average molecular weight is 198 g/mol. The Morgan fingerprint density at radius 3 is 2.43 bits per heavy atom. The summed E-state index contributed by atoms with van der Waals surface area (Å²) in [5.41, 5.74) is 0. The third kappa shape index (κ3) is 1.21. The summed E-state index contributed by atoms with van der Waals surface area (Å²) in [6.07, 6.45) is 2.85. The van der Waals surface area contributed by atoms with Crippen LogP contribution in [0.1, 0.15) is 6.42 Å². The predicted octanol–water partition coefficient (Wildman–Crippen LogP) is 0.115. The number of hydrogen-bond donors (Lipinski definition) is 2. The van der Waals surface area contributed by atoms with Crippen molar-refractivity contribution in [3.05, 3.63) is 12.2 Å². The van der Waals surface area contributed by atoms with E-state index < -0.39 is 36.0 Å². The third-order valence-corrected chi connectivity index (χ3v) is 2.74. The molecule has 4 atom stereocenters. The molecule has 0 saturated carbocycles. The highest BCUT2D eigenvalue weighted by atomic mass is 16.5. The standard InChI is InChI=1S/C9H10O5/c10-8(11)6-4-2-1-3-5(14-4)7(6)9(12)13/h1-2,4-7H,3H2,(H,10,11)(H,12,13). The van der Waals surface area contributed by atoms with Gasteiger partial charge in [0.15, 0.2) is 0 Å². The van der Waals surface area contributed by atoms with Crippen molar-refractivity contribution >= 4 is 11.9 Å². The second kappa shape index (κ2) is 3.09. The van der Waals surface area contributed by atoms with Crippen LogP contribution in [0.2, 0.25) is 0 Å². The van der Waals surface area contributed by atoms with Crippen LogP contribution in [-0.2, 0) is 14.3 Å². The van der Waals surface area contributed by atoms with Crippen molar-refractivity contribution < 1.29 is 24.5 Å². The number of rotatable bonds is 2. The van der Waals surface area contributed by atoms with E-state index >= 15 is 0 Å². The molecule has 0 radical (unpaired) electrons. The second-order valence-electron chi connectivity index (χ2n) is 3.53. The van der Waals surface area contributed by atoms with Crippen LogP contribution in [0.3, 0.4) is 0 Å². The Bertz CT molecular complexity index is 308. The normalized spacial score (nSPS) is 39.7. The number of carboxylic acid groups (broad SMARTS) is 2. The molecule has 4 unspecified atom stereocenters. The smallest absolute Gasteiger partial charge is 0.310 e. The van der Waals surface area contributed by atoms with Crippen molar-refractivity contribution in [2.45, 2.75) is 18.6 Å². The largest absolute Gasteiger partial charge is 0.481 e. The van der Waals surface area contributed by atoms with Gasteiger partial charge in [0.1, 0.15) is 5.92 Å². The molecule has 2 aliphatic rings. The summed E-state index contributed by atoms with van der Waals surface area (Å²) in [4.78, 5) is 21.8. The van der Waals surface area contributed by atoms with Crippen molar-refractivity contribution in [3.63, 3.8) is 0 Å². The van der Waals surface area contributed by atoms with E-state index in [1.54, 1.807) is 12.2 Å². The van der Waals surface area contributed by atoms with Gasteiger partial charge in [-0.15, -0.1) is 0 Å². The number of carbonyl (C=O) groups is 2. The molecule has 2 heterocycles. The first kappa shape index (κ1) is 9.21. The van der Waals surface area contributed by atoms with E-state index in [9.17, 15) is 9.59 Å². The summed E-state index contributed by atoms with van der Waals surface area (Å²) in [5, 5.41) is 17.8. The fourth-order valence-electron chi connectivity index (χ4n) is 2.13. The van der Waals surface area contributed by atoms with Crippen LogP contribution in [0.25, 0.3) is 0 Å². The van der Waals surface area contributed by atoms with Gasteiger partial charge in [-0.1, -0.05) is 12.2 Å². The zero-order valence-corrected chi connectivity index (χ0v) is 7.29. The van der Waals surface area contributed by atoms with Gasteiger partial charge >= 0.3 is 11.9 Å². The maximum atomic E-state index is 10.9. The fourth-order valence-corrected chi connectivity index (χ4v) is 2.13. The number of carboxylic acids is 2. The molecule has 2 aliphatic heterocycles. The predicted molar refractivity (Wildman–Crippen MR) is 44.7 cm³/mol. The van der Waals surface area contributed by atoms with Gasteiger partial charge in [0.2, 0.25) is 0 Å². The molecule has 5 heteroatoms. The molecule has 2 N–H and O–H groups in total. The average Bonchev–Trinajstić information content (AvgIpc) is 2.37. The molecule has 5 nitrogen and oxygen atoms in total. The molecule has 0 aromatic carbocycles. The maximum absolute atomic E-state index is 10.9. The summed E-state index contributed by atoms with van der Waals surface area (Å²) in [5.74, 6) is -4.06. The third-order valence-electron chi connectivity index (χ3n) is 2.74. The Labute approximate surface area is 80.0 Å². The Balaban J connectivity index is 2.32. The van der Waals surface area contributed by atoms with Gasteiger partial charge in [0.25, 0.3) is 0 Å². The molecule has 2 rings (SSSR count). The molecule has 0 aromatic rings. The molecule has 0 spiro atoms. The van der Waals surface area contributed by atoms with Gasteiger partial charge in [0.05, 0.1) is 18.1 Å². The monoisotopic (exact) mass is 198 g/mol. The van der Waals surface area contributed by atoms with Crippen LogP contribution < -0.4 is 0 Å². The van der Waals surface area contributed by atoms with E-state index in [4.69, 9.17) is 14.9 Å². The Morgan fingerprint density at radius 1 is 1.21 bits per heavy atom. The van der Waals surface area contributed by atoms with Gasteiger partial charge < -0.3 is 14.9 Å². The van der Waals surface area contributed by atoms with Crippen molar-refractivity contribution in [2.75, 3.05) is 0 Å². The fraction of sp³-hybridized carbons (Fsp3) is 0.556.